The highest BCUT2D eigenvalue weighted by Crippen LogP contribution is 2.19. The predicted octanol–water partition coefficient (Wildman–Crippen LogP) is 0.792. The molecule has 0 aromatic carbocycles. The van der Waals surface area contributed by atoms with Gasteiger partial charge in [0.1, 0.15) is 5.69 Å². The third kappa shape index (κ3) is 3.36. The SMILES string of the molecule is Nc1cn[nH]c1C(=O)N(CC1CCCO1)CC1CCCO1. The third-order valence-electron chi connectivity index (χ3n) is 4.07. The van der Waals surface area contributed by atoms with E-state index < -0.39 is 0 Å². The van der Waals surface area contributed by atoms with Crippen LogP contribution in [0, 0.1) is 0 Å². The summed E-state index contributed by atoms with van der Waals surface area (Å²) >= 11 is 0. The molecule has 2 aliphatic heterocycles. The summed E-state index contributed by atoms with van der Waals surface area (Å²) in [6.07, 6.45) is 5.78. The van der Waals surface area contributed by atoms with Crippen LogP contribution in [0.1, 0.15) is 36.2 Å². The average Bonchev–Trinajstić information content (AvgIpc) is 3.19. The second-order valence-corrected chi connectivity index (χ2v) is 5.68. The van der Waals surface area contributed by atoms with E-state index in [1.165, 1.54) is 6.20 Å². The Balaban J connectivity index is 1.70. The van der Waals surface area contributed by atoms with Crippen LogP contribution < -0.4 is 5.73 Å². The highest BCUT2D eigenvalue weighted by atomic mass is 16.5. The van der Waals surface area contributed by atoms with Crippen LogP contribution in [0.25, 0.3) is 0 Å². The lowest BCUT2D eigenvalue weighted by Gasteiger charge is -2.27. The molecule has 116 valence electrons. The maximum atomic E-state index is 12.7. The topological polar surface area (TPSA) is 93.5 Å². The number of H-pyrrole nitrogens is 1. The van der Waals surface area contributed by atoms with Crippen molar-refractivity contribution >= 4 is 11.6 Å². The van der Waals surface area contributed by atoms with Crippen molar-refractivity contribution in [2.24, 2.45) is 0 Å². The van der Waals surface area contributed by atoms with Crippen molar-refractivity contribution in [3.63, 3.8) is 0 Å². The summed E-state index contributed by atoms with van der Waals surface area (Å²) in [4.78, 5) is 14.5. The highest BCUT2D eigenvalue weighted by molar-refractivity contribution is 5.97. The van der Waals surface area contributed by atoms with E-state index in [1.54, 1.807) is 4.90 Å². The van der Waals surface area contributed by atoms with Gasteiger partial charge in [0.25, 0.3) is 5.91 Å². The van der Waals surface area contributed by atoms with E-state index in [0.717, 1.165) is 38.9 Å². The molecule has 2 saturated heterocycles. The number of rotatable bonds is 5. The summed E-state index contributed by atoms with van der Waals surface area (Å²) in [5, 5.41) is 6.52. The van der Waals surface area contributed by atoms with Crippen LogP contribution in [0.4, 0.5) is 5.69 Å². The van der Waals surface area contributed by atoms with E-state index in [0.29, 0.717) is 24.5 Å². The van der Waals surface area contributed by atoms with Gasteiger partial charge in [-0.15, -0.1) is 0 Å². The van der Waals surface area contributed by atoms with E-state index in [1.807, 2.05) is 0 Å². The number of nitrogens with two attached hydrogens (primary N) is 1. The van der Waals surface area contributed by atoms with E-state index in [9.17, 15) is 4.79 Å². The average molecular weight is 294 g/mol. The van der Waals surface area contributed by atoms with Gasteiger partial charge in [-0.25, -0.2) is 0 Å². The number of ether oxygens (including phenoxy) is 2. The van der Waals surface area contributed by atoms with Gasteiger partial charge in [-0.1, -0.05) is 0 Å². The number of carbonyl (C=O) groups excluding carboxylic acids is 1. The first-order valence-corrected chi connectivity index (χ1v) is 7.55. The zero-order valence-corrected chi connectivity index (χ0v) is 12.1. The molecule has 7 nitrogen and oxygen atoms in total. The van der Waals surface area contributed by atoms with Crippen LogP contribution in [0.3, 0.4) is 0 Å². The van der Waals surface area contributed by atoms with Crippen LogP contribution >= 0.6 is 0 Å². The minimum absolute atomic E-state index is 0.111. The van der Waals surface area contributed by atoms with Crippen LogP contribution in [0.2, 0.25) is 0 Å². The fraction of sp³-hybridized carbons (Fsp3) is 0.714. The van der Waals surface area contributed by atoms with Gasteiger partial charge in [-0.05, 0) is 25.7 Å². The Morgan fingerprint density at radius 2 is 1.90 bits per heavy atom. The van der Waals surface area contributed by atoms with Crippen molar-refractivity contribution in [1.82, 2.24) is 15.1 Å². The van der Waals surface area contributed by atoms with Gasteiger partial charge in [0, 0.05) is 26.3 Å². The molecule has 3 rings (SSSR count). The van der Waals surface area contributed by atoms with Crippen molar-refractivity contribution in [2.75, 3.05) is 32.0 Å². The second-order valence-electron chi connectivity index (χ2n) is 5.68. The summed E-state index contributed by atoms with van der Waals surface area (Å²) in [5.41, 5.74) is 6.52. The normalized spacial score (nSPS) is 25.3. The van der Waals surface area contributed by atoms with Crippen molar-refractivity contribution in [3.05, 3.63) is 11.9 Å². The molecule has 2 unspecified atom stereocenters. The molecular formula is C14H22N4O3. The monoisotopic (exact) mass is 294 g/mol. The van der Waals surface area contributed by atoms with E-state index in [4.69, 9.17) is 15.2 Å². The Bertz CT molecular complexity index is 460. The molecule has 7 heteroatoms. The lowest BCUT2D eigenvalue weighted by Crippen LogP contribution is -2.42. The number of carbonyl (C=O) groups is 1. The summed E-state index contributed by atoms with van der Waals surface area (Å²) in [6.45, 7) is 2.71. The van der Waals surface area contributed by atoms with Crippen LogP contribution in [-0.4, -0.2) is 59.5 Å². The standard InChI is InChI=1S/C14H22N4O3/c15-12-7-16-17-13(12)14(19)18(8-10-3-1-5-20-10)9-11-4-2-6-21-11/h7,10-11H,1-6,8-9,15H2,(H,16,17). The van der Waals surface area contributed by atoms with Crippen LogP contribution in [-0.2, 0) is 9.47 Å². The summed E-state index contributed by atoms with van der Waals surface area (Å²) in [7, 11) is 0. The fourth-order valence-corrected chi connectivity index (χ4v) is 2.93. The van der Waals surface area contributed by atoms with Gasteiger partial charge in [0.05, 0.1) is 24.1 Å². The number of amides is 1. The van der Waals surface area contributed by atoms with Crippen LogP contribution in [0.15, 0.2) is 6.20 Å². The van der Waals surface area contributed by atoms with E-state index in [2.05, 4.69) is 10.2 Å². The largest absolute Gasteiger partial charge is 0.396 e. The molecule has 0 spiro atoms. The Morgan fingerprint density at radius 3 is 2.33 bits per heavy atom. The summed E-state index contributed by atoms with van der Waals surface area (Å²) in [5.74, 6) is -0.129. The van der Waals surface area contributed by atoms with Crippen molar-refractivity contribution < 1.29 is 14.3 Å². The molecule has 1 aromatic heterocycles. The van der Waals surface area contributed by atoms with Gasteiger partial charge in [0.15, 0.2) is 0 Å². The minimum Gasteiger partial charge on any atom is -0.396 e. The molecule has 3 heterocycles. The molecule has 3 N–H and O–H groups in total. The zero-order chi connectivity index (χ0) is 14.7. The number of hydrogen-bond donors (Lipinski definition) is 2. The molecule has 21 heavy (non-hydrogen) atoms. The molecule has 2 aliphatic rings. The number of anilines is 1. The predicted molar refractivity (Wildman–Crippen MR) is 76.9 cm³/mol. The molecule has 0 aliphatic carbocycles. The quantitative estimate of drug-likeness (QED) is 0.837. The second kappa shape index (κ2) is 6.44. The number of hydrogen-bond acceptors (Lipinski definition) is 5. The fourth-order valence-electron chi connectivity index (χ4n) is 2.93. The molecule has 1 amide bonds. The molecule has 2 atom stereocenters. The number of aromatic nitrogens is 2. The Hall–Kier alpha value is -1.60. The Morgan fingerprint density at radius 1 is 1.29 bits per heavy atom. The van der Waals surface area contributed by atoms with E-state index in [-0.39, 0.29) is 18.1 Å². The van der Waals surface area contributed by atoms with Crippen molar-refractivity contribution in [2.45, 2.75) is 37.9 Å². The number of nitrogens with one attached hydrogen (secondary N) is 1. The molecule has 0 radical (unpaired) electrons. The maximum Gasteiger partial charge on any atom is 0.274 e. The van der Waals surface area contributed by atoms with Gasteiger partial charge in [0.2, 0.25) is 0 Å². The maximum absolute atomic E-state index is 12.7. The lowest BCUT2D eigenvalue weighted by molar-refractivity contribution is 0.0305. The first kappa shape index (κ1) is 14.3. The van der Waals surface area contributed by atoms with Gasteiger partial charge >= 0.3 is 0 Å². The lowest BCUT2D eigenvalue weighted by atomic mass is 10.1. The third-order valence-corrected chi connectivity index (χ3v) is 4.07. The summed E-state index contributed by atoms with van der Waals surface area (Å²) in [6, 6.07) is 0. The van der Waals surface area contributed by atoms with Crippen molar-refractivity contribution in [1.29, 1.82) is 0 Å². The molecule has 1 aromatic rings. The number of aromatic amines is 1. The molecule has 0 bridgehead atoms. The highest BCUT2D eigenvalue weighted by Gasteiger charge is 2.28. The van der Waals surface area contributed by atoms with Crippen molar-refractivity contribution in [3.8, 4) is 0 Å². The Kier molecular flexibility index (Phi) is 4.40. The van der Waals surface area contributed by atoms with Gasteiger partial charge in [-0.2, -0.15) is 5.10 Å². The zero-order valence-electron chi connectivity index (χ0n) is 12.1. The van der Waals surface area contributed by atoms with Gasteiger partial charge in [-0.3, -0.25) is 9.89 Å². The smallest absolute Gasteiger partial charge is 0.274 e. The number of nitrogen functional groups attached to an aromatic ring is 1. The Labute approximate surface area is 123 Å². The first-order chi connectivity index (χ1) is 10.2. The van der Waals surface area contributed by atoms with Crippen LogP contribution in [0.5, 0.6) is 0 Å². The molecular weight excluding hydrogens is 272 g/mol. The first-order valence-electron chi connectivity index (χ1n) is 7.55. The molecule has 2 fully saturated rings. The summed E-state index contributed by atoms with van der Waals surface area (Å²) < 4.78 is 11.3. The number of nitrogens with zero attached hydrogens (tertiary/aromatic N) is 2. The molecule has 0 saturated carbocycles. The van der Waals surface area contributed by atoms with E-state index >= 15 is 0 Å². The van der Waals surface area contributed by atoms with Gasteiger partial charge < -0.3 is 20.1 Å². The minimum atomic E-state index is -0.129.